The highest BCUT2D eigenvalue weighted by molar-refractivity contribution is 6.87. The van der Waals surface area contributed by atoms with Crippen molar-refractivity contribution >= 4 is 128 Å². The molecule has 2 nitrogen and oxygen atoms in total. The third kappa shape index (κ3) is 4.37. The summed E-state index contributed by atoms with van der Waals surface area (Å²) in [6, 6.07) is 0. The number of carbonyl (C=O) groups is 2. The summed E-state index contributed by atoms with van der Waals surface area (Å²) in [4.78, 5) is 23.3. The summed E-state index contributed by atoms with van der Waals surface area (Å²) in [5, 5.41) is 0. The molecule has 0 atom stereocenters. The van der Waals surface area contributed by atoms with E-state index in [2.05, 4.69) is 0 Å². The summed E-state index contributed by atoms with van der Waals surface area (Å²) >= 11 is 53.9. The molecule has 18 heavy (non-hydrogen) atoms. The molecule has 0 N–H and O–H groups in total. The van der Waals surface area contributed by atoms with Crippen LogP contribution in [0.15, 0.2) is 0 Å². The molecule has 0 saturated heterocycles. The summed E-state index contributed by atoms with van der Waals surface area (Å²) in [6.45, 7) is 0. The Balaban J connectivity index is 5.61. The Morgan fingerprint density at radius 2 is 0.667 bits per heavy atom. The van der Waals surface area contributed by atoms with E-state index in [0.717, 1.165) is 0 Å². The maximum Gasteiger partial charge on any atom is 0.252 e. The zero-order valence-corrected chi connectivity index (χ0v) is 15.2. The number of hydrogen-bond donors (Lipinski definition) is 0. The Morgan fingerprint density at radius 1 is 0.500 bits per heavy atom. The number of hydrogen-bond acceptors (Lipinski definition) is 2. The Bertz CT molecular complexity index is 326. The molecule has 106 valence electrons. The van der Waals surface area contributed by atoms with Gasteiger partial charge >= 0.3 is 0 Å². The number of ketones is 2. The van der Waals surface area contributed by atoms with E-state index >= 15 is 0 Å². The van der Waals surface area contributed by atoms with E-state index in [4.69, 9.17) is 116 Å². The molecule has 0 aromatic rings. The number of carbonyl (C=O) groups excluding carboxylic acids is 2. The molecule has 0 bridgehead atoms. The minimum Gasteiger partial charge on any atom is -0.291 e. The molecule has 0 aromatic carbocycles. The second-order valence-electron chi connectivity index (χ2n) is 2.80. The fraction of sp³-hybridized carbons (Fsp3) is 0.667. The van der Waals surface area contributed by atoms with Crippen molar-refractivity contribution in [3.05, 3.63) is 0 Å². The third-order valence-electron chi connectivity index (χ3n) is 1.48. The van der Waals surface area contributed by atoms with E-state index in [-0.39, 0.29) is 0 Å². The number of halogens is 10. The second-order valence-corrected chi connectivity index (χ2v) is 10.0. The van der Waals surface area contributed by atoms with Crippen molar-refractivity contribution < 1.29 is 9.59 Å². The molecule has 0 radical (unpaired) electrons. The maximum atomic E-state index is 11.7. The topological polar surface area (TPSA) is 34.1 Å². The highest BCUT2D eigenvalue weighted by atomic mass is 35.6. The van der Waals surface area contributed by atoms with Gasteiger partial charge in [0, 0.05) is 0 Å². The van der Waals surface area contributed by atoms with Crippen molar-refractivity contribution in [2.24, 2.45) is 0 Å². The third-order valence-corrected chi connectivity index (χ3v) is 4.72. The summed E-state index contributed by atoms with van der Waals surface area (Å²) in [5.41, 5.74) is 0. The smallest absolute Gasteiger partial charge is 0.252 e. The Labute approximate surface area is 152 Å². The first-order valence-electron chi connectivity index (χ1n) is 3.55. The molecule has 0 aliphatic carbocycles. The first kappa shape index (κ1) is 20.2. The van der Waals surface area contributed by atoms with Crippen molar-refractivity contribution in [1.82, 2.24) is 0 Å². The highest BCUT2D eigenvalue weighted by Gasteiger charge is 2.65. The predicted octanol–water partition coefficient (Wildman–Crippen LogP) is 5.21. The van der Waals surface area contributed by atoms with Crippen LogP contribution in [0.1, 0.15) is 0 Å². The van der Waals surface area contributed by atoms with E-state index < -0.39 is 27.8 Å². The monoisotopic (exact) mass is 454 g/mol. The van der Waals surface area contributed by atoms with Crippen LogP contribution in [-0.4, -0.2) is 27.8 Å². The van der Waals surface area contributed by atoms with Crippen LogP contribution in [0.5, 0.6) is 0 Å². The average molecular weight is 459 g/mol. The number of alkyl halides is 10. The lowest BCUT2D eigenvalue weighted by Gasteiger charge is -2.33. The van der Waals surface area contributed by atoms with Crippen LogP contribution in [0.25, 0.3) is 0 Å². The van der Waals surface area contributed by atoms with E-state index in [1.807, 2.05) is 0 Å². The first-order valence-corrected chi connectivity index (χ1v) is 7.33. The second kappa shape index (κ2) is 6.16. The van der Waals surface area contributed by atoms with E-state index in [0.29, 0.717) is 0 Å². The van der Waals surface area contributed by atoms with Crippen LogP contribution in [0.3, 0.4) is 0 Å². The van der Waals surface area contributed by atoms with Gasteiger partial charge in [0.05, 0.1) is 0 Å². The van der Waals surface area contributed by atoms with Crippen LogP contribution in [0, 0.1) is 0 Å². The molecule has 0 rings (SSSR count). The minimum absolute atomic E-state index is 1.48. The van der Waals surface area contributed by atoms with Gasteiger partial charge in [-0.3, -0.25) is 9.59 Å². The molecular formula is C6Cl10O2. The standard InChI is InChI=1S/C6Cl10O2/c7-3(8,1(17)5(11,12)13)4(9,10)2(18)6(14,15)16. The van der Waals surface area contributed by atoms with E-state index in [9.17, 15) is 9.59 Å². The molecule has 0 fully saturated rings. The predicted molar refractivity (Wildman–Crippen MR) is 79.5 cm³/mol. The van der Waals surface area contributed by atoms with Crippen molar-refractivity contribution in [3.8, 4) is 0 Å². The zero-order chi connectivity index (χ0) is 15.2. The van der Waals surface area contributed by atoms with Crippen molar-refractivity contribution in [2.45, 2.75) is 16.3 Å². The van der Waals surface area contributed by atoms with Crippen LogP contribution < -0.4 is 0 Å². The van der Waals surface area contributed by atoms with Crippen molar-refractivity contribution in [3.63, 3.8) is 0 Å². The van der Waals surface area contributed by atoms with Crippen LogP contribution in [0.2, 0.25) is 0 Å². The van der Waals surface area contributed by atoms with Gasteiger partial charge in [0.1, 0.15) is 0 Å². The average Bonchev–Trinajstić information content (AvgIpc) is 2.12. The molecule has 0 unspecified atom stereocenters. The van der Waals surface area contributed by atoms with Gasteiger partial charge in [-0.05, 0) is 0 Å². The maximum absolute atomic E-state index is 11.7. The lowest BCUT2D eigenvalue weighted by atomic mass is 10.1. The normalized spacial score (nSPS) is 14.6. The van der Waals surface area contributed by atoms with E-state index in [1.165, 1.54) is 0 Å². The molecule has 0 amide bonds. The molecular weight excluding hydrogens is 459 g/mol. The Morgan fingerprint density at radius 3 is 0.778 bits per heavy atom. The van der Waals surface area contributed by atoms with Gasteiger partial charge in [-0.15, -0.1) is 0 Å². The number of rotatable bonds is 3. The summed E-state index contributed by atoms with van der Waals surface area (Å²) in [7, 11) is 0. The molecule has 0 aromatic heterocycles. The van der Waals surface area contributed by atoms with Crippen LogP contribution >= 0.6 is 116 Å². The minimum atomic E-state index is -2.84. The number of Topliss-reactive ketones (excluding diaryl/α,β-unsaturated/α-hetero) is 2. The quantitative estimate of drug-likeness (QED) is 0.544. The SMILES string of the molecule is O=C(C(Cl)(Cl)Cl)C(Cl)(Cl)C(Cl)(Cl)C(=O)C(Cl)(Cl)Cl. The summed E-state index contributed by atoms with van der Waals surface area (Å²) in [5.74, 6) is -2.95. The fourth-order valence-corrected chi connectivity index (χ4v) is 2.98. The molecule has 0 heterocycles. The van der Waals surface area contributed by atoms with Crippen molar-refractivity contribution in [1.29, 1.82) is 0 Å². The van der Waals surface area contributed by atoms with Gasteiger partial charge in [0.2, 0.25) is 20.2 Å². The summed E-state index contributed by atoms with van der Waals surface area (Å²) < 4.78 is -10.8. The lowest BCUT2D eigenvalue weighted by molar-refractivity contribution is -0.124. The molecule has 12 heteroatoms. The van der Waals surface area contributed by atoms with Gasteiger partial charge in [-0.1, -0.05) is 116 Å². The van der Waals surface area contributed by atoms with Gasteiger partial charge in [0.15, 0.2) is 0 Å². The van der Waals surface area contributed by atoms with Gasteiger partial charge in [-0.2, -0.15) is 0 Å². The highest BCUT2D eigenvalue weighted by Crippen LogP contribution is 2.52. The van der Waals surface area contributed by atoms with Gasteiger partial charge in [0.25, 0.3) is 7.59 Å². The van der Waals surface area contributed by atoms with Crippen LogP contribution in [-0.2, 0) is 9.59 Å². The molecule has 0 aliphatic heterocycles. The molecule has 0 saturated carbocycles. The van der Waals surface area contributed by atoms with Crippen molar-refractivity contribution in [2.75, 3.05) is 0 Å². The fourth-order valence-electron chi connectivity index (χ4n) is 0.641. The van der Waals surface area contributed by atoms with Gasteiger partial charge < -0.3 is 0 Å². The van der Waals surface area contributed by atoms with Crippen LogP contribution in [0.4, 0.5) is 0 Å². The summed E-state index contributed by atoms with van der Waals surface area (Å²) in [6.07, 6.45) is 0. The Hall–Kier alpha value is 2.24. The zero-order valence-electron chi connectivity index (χ0n) is 7.60. The van der Waals surface area contributed by atoms with E-state index in [1.54, 1.807) is 0 Å². The molecule has 0 spiro atoms. The van der Waals surface area contributed by atoms with Gasteiger partial charge in [-0.25, -0.2) is 0 Å². The first-order chi connectivity index (χ1) is 7.56. The Kier molecular flexibility index (Phi) is 6.92. The largest absolute Gasteiger partial charge is 0.291 e. The lowest BCUT2D eigenvalue weighted by Crippen LogP contribution is -2.55. The molecule has 0 aliphatic rings.